The van der Waals surface area contributed by atoms with E-state index >= 15 is 0 Å². The first kappa shape index (κ1) is 24.3. The maximum absolute atomic E-state index is 11.9. The summed E-state index contributed by atoms with van der Waals surface area (Å²) in [5.41, 5.74) is 6.15. The minimum Gasteiger partial charge on any atom is -0.387 e. The van der Waals surface area contributed by atoms with Crippen LogP contribution < -0.4 is 5.73 Å². The average molecular weight is 505 g/mol. The number of nitrogen functional groups attached to an aromatic ring is 1. The van der Waals surface area contributed by atoms with Crippen LogP contribution in [0.15, 0.2) is 12.7 Å². The van der Waals surface area contributed by atoms with Crippen LogP contribution in [0.2, 0.25) is 0 Å². The lowest BCUT2D eigenvalue weighted by Crippen LogP contribution is -2.33. The Labute approximate surface area is 174 Å². The van der Waals surface area contributed by atoms with E-state index in [1.807, 2.05) is 0 Å². The molecule has 0 aliphatic carbocycles. The number of hydrogen-bond donors (Lipinski definition) is 5. The number of aliphatic hydroxyl groups is 2. The predicted octanol–water partition coefficient (Wildman–Crippen LogP) is -1.08. The largest absolute Gasteiger partial charge is 0.479 e. The lowest BCUT2D eigenvalue weighted by molar-refractivity contribution is -0.0502. The van der Waals surface area contributed by atoms with E-state index in [2.05, 4.69) is 32.8 Å². The minimum absolute atomic E-state index is 0.0874. The Kier molecular flexibility index (Phi) is 7.91. The van der Waals surface area contributed by atoms with Crippen LogP contribution in [0.5, 0.6) is 0 Å². The molecule has 6 N–H and O–H groups in total. The number of hydrogen-bond acceptors (Lipinski definition) is 14. The van der Waals surface area contributed by atoms with E-state index in [1.54, 1.807) is 0 Å². The molecule has 174 valence electrons. The molecule has 1 fully saturated rings. The van der Waals surface area contributed by atoms with Crippen molar-refractivity contribution in [3.63, 3.8) is 0 Å². The molecular weight excluding hydrogens is 487 g/mol. The summed E-state index contributed by atoms with van der Waals surface area (Å²) in [5.74, 6) is 0.0874. The number of rotatable bonds is 10. The third-order valence-corrected chi connectivity index (χ3v) is 6.66. The van der Waals surface area contributed by atoms with Crippen molar-refractivity contribution in [3.05, 3.63) is 12.7 Å². The quantitative estimate of drug-likeness (QED) is 0.190. The number of imidazole rings is 1. The van der Waals surface area contributed by atoms with Crippen molar-refractivity contribution in [1.29, 1.82) is 0 Å². The van der Waals surface area contributed by atoms with Gasteiger partial charge >= 0.3 is 24.3 Å². The van der Waals surface area contributed by atoms with Crippen molar-refractivity contribution in [2.75, 3.05) is 19.1 Å². The van der Waals surface area contributed by atoms with E-state index in [9.17, 15) is 28.8 Å². The molecule has 0 aromatic carbocycles. The van der Waals surface area contributed by atoms with Crippen molar-refractivity contribution < 1.29 is 56.3 Å². The fourth-order valence-corrected chi connectivity index (χ4v) is 4.54. The highest BCUT2D eigenvalue weighted by Crippen LogP contribution is 2.53. The molecule has 2 aromatic heterocycles. The highest BCUT2D eigenvalue weighted by molar-refractivity contribution is 7.56. The Balaban J connectivity index is 1.60. The zero-order valence-corrected chi connectivity index (χ0v) is 18.1. The van der Waals surface area contributed by atoms with Gasteiger partial charge in [0.05, 0.1) is 12.9 Å². The first-order valence-corrected chi connectivity index (χ1v) is 12.2. The van der Waals surface area contributed by atoms with E-state index in [4.69, 9.17) is 15.4 Å². The van der Waals surface area contributed by atoms with Gasteiger partial charge in [0.1, 0.15) is 30.2 Å². The molecule has 2 aromatic rings. The smallest absolute Gasteiger partial charge is 0.387 e. The number of phosphoric ester groups is 1. The van der Waals surface area contributed by atoms with Crippen LogP contribution in [0.1, 0.15) is 6.23 Å². The molecule has 20 heteroatoms. The van der Waals surface area contributed by atoms with Crippen LogP contribution in [-0.4, -0.2) is 71.2 Å². The number of aromatic nitrogens is 4. The number of ether oxygens (including phenoxy) is 1. The summed E-state index contributed by atoms with van der Waals surface area (Å²) in [6, 6.07) is 0. The Hall–Kier alpha value is -1.32. The predicted molar refractivity (Wildman–Crippen MR) is 99.8 cm³/mol. The van der Waals surface area contributed by atoms with E-state index in [0.717, 1.165) is 0 Å². The van der Waals surface area contributed by atoms with Crippen LogP contribution in [0, 0.1) is 0 Å². The fourth-order valence-electron chi connectivity index (χ4n) is 2.60. The van der Waals surface area contributed by atoms with Crippen LogP contribution in [0.4, 0.5) is 5.82 Å². The van der Waals surface area contributed by atoms with Gasteiger partial charge in [0.15, 0.2) is 24.5 Å². The standard InChI is InChI=1S/C11H18N5O12P3/c12-9-6-10(14-2-13-9)16(3-15-6)11-8(18)7(17)5(27-11)1-26-31(22,23)28-30(21)25-4-24-29(19)20/h2-3,5,7-8,11,17-18,29-30H,1,4H2,(H,19,20)(H,22,23)(H2,12,13,14)/t5-,7-,8-,11-/m1/s1. The van der Waals surface area contributed by atoms with Gasteiger partial charge in [-0.2, -0.15) is 0 Å². The topological polar surface area (TPSA) is 248 Å². The zero-order chi connectivity index (χ0) is 22.8. The van der Waals surface area contributed by atoms with Crippen LogP contribution in [-0.2, 0) is 36.3 Å². The third kappa shape index (κ3) is 5.93. The number of nitrogens with zero attached hydrogens (tertiary/aromatic N) is 4. The lowest BCUT2D eigenvalue weighted by Gasteiger charge is -2.17. The molecule has 17 nitrogen and oxygen atoms in total. The average Bonchev–Trinajstić information content (AvgIpc) is 3.22. The highest BCUT2D eigenvalue weighted by atomic mass is 31.2. The van der Waals surface area contributed by atoms with Gasteiger partial charge < -0.3 is 30.5 Å². The second-order valence-electron chi connectivity index (χ2n) is 5.91. The second kappa shape index (κ2) is 10.1. The minimum atomic E-state index is -4.95. The van der Waals surface area contributed by atoms with Gasteiger partial charge in [-0.15, -0.1) is 0 Å². The molecule has 0 bridgehead atoms. The highest BCUT2D eigenvalue weighted by Gasteiger charge is 2.45. The van der Waals surface area contributed by atoms with E-state index in [0.29, 0.717) is 0 Å². The summed E-state index contributed by atoms with van der Waals surface area (Å²) in [5, 5.41) is 20.5. The third-order valence-electron chi connectivity index (χ3n) is 3.95. The molecule has 3 rings (SSSR count). The fraction of sp³-hybridized carbons (Fsp3) is 0.545. The van der Waals surface area contributed by atoms with Crippen molar-refractivity contribution >= 4 is 41.3 Å². The van der Waals surface area contributed by atoms with Gasteiger partial charge in [0, 0.05) is 0 Å². The zero-order valence-electron chi connectivity index (χ0n) is 15.2. The van der Waals surface area contributed by atoms with E-state index in [-0.39, 0.29) is 17.0 Å². The molecule has 0 amide bonds. The van der Waals surface area contributed by atoms with Gasteiger partial charge in [0.2, 0.25) is 0 Å². The van der Waals surface area contributed by atoms with E-state index in [1.165, 1.54) is 17.2 Å². The molecule has 31 heavy (non-hydrogen) atoms. The van der Waals surface area contributed by atoms with Crippen LogP contribution >= 0.6 is 24.3 Å². The number of anilines is 1. The maximum atomic E-state index is 11.9. The number of fused-ring (bicyclic) bond motifs is 1. The molecule has 0 radical (unpaired) electrons. The summed E-state index contributed by atoms with van der Waals surface area (Å²) < 4.78 is 57.6. The number of aliphatic hydroxyl groups excluding tert-OH is 2. The van der Waals surface area contributed by atoms with Gasteiger partial charge in [-0.05, 0) is 0 Å². The van der Waals surface area contributed by atoms with Crippen LogP contribution in [0.25, 0.3) is 11.2 Å². The number of nitrogens with two attached hydrogens (primary N) is 1. The summed E-state index contributed by atoms with van der Waals surface area (Å²) in [6.07, 6.45) is -3.11. The summed E-state index contributed by atoms with van der Waals surface area (Å²) in [6.45, 7) is -1.67. The molecule has 0 spiro atoms. The Bertz CT molecular complexity index is 1020. The molecule has 3 unspecified atom stereocenters. The normalized spacial score (nSPS) is 27.9. The Morgan fingerprint density at radius 2 is 1.97 bits per heavy atom. The molecule has 1 saturated heterocycles. The maximum Gasteiger partial charge on any atom is 0.479 e. The van der Waals surface area contributed by atoms with Crippen molar-refractivity contribution in [3.8, 4) is 0 Å². The molecular formula is C11H18N5O12P3. The number of phosphoric acid groups is 1. The molecule has 0 saturated carbocycles. The second-order valence-corrected chi connectivity index (χ2v) is 9.44. The molecule has 1 aliphatic heterocycles. The molecule has 7 atom stereocenters. The summed E-state index contributed by atoms with van der Waals surface area (Å²) in [7, 11) is -11.9. The van der Waals surface area contributed by atoms with Gasteiger partial charge in [-0.1, -0.05) is 0 Å². The Morgan fingerprint density at radius 1 is 1.23 bits per heavy atom. The molecule has 3 heterocycles. The van der Waals surface area contributed by atoms with E-state index < -0.39 is 62.3 Å². The van der Waals surface area contributed by atoms with Crippen molar-refractivity contribution in [2.45, 2.75) is 24.5 Å². The summed E-state index contributed by atoms with van der Waals surface area (Å²) >= 11 is 0. The Morgan fingerprint density at radius 3 is 2.68 bits per heavy atom. The first-order valence-electron chi connectivity index (χ1n) is 8.23. The van der Waals surface area contributed by atoms with Crippen LogP contribution in [0.3, 0.4) is 0 Å². The van der Waals surface area contributed by atoms with Gasteiger partial charge in [0.25, 0.3) is 0 Å². The van der Waals surface area contributed by atoms with Crippen molar-refractivity contribution in [2.24, 2.45) is 0 Å². The SMILES string of the molecule is Nc1ncnc2c1ncn2[C@@H]1O[C@H](COP(=O)(O)O[PH](=O)OCO[PH](=O)O)[C@@H](O)[C@H]1O. The monoisotopic (exact) mass is 505 g/mol. The van der Waals surface area contributed by atoms with Gasteiger partial charge in [-0.3, -0.25) is 27.3 Å². The lowest BCUT2D eigenvalue weighted by atomic mass is 10.1. The molecule has 1 aliphatic rings. The van der Waals surface area contributed by atoms with Gasteiger partial charge in [-0.25, -0.2) is 23.8 Å². The van der Waals surface area contributed by atoms with Crippen molar-refractivity contribution in [1.82, 2.24) is 19.5 Å². The first-order chi connectivity index (χ1) is 14.6. The summed E-state index contributed by atoms with van der Waals surface area (Å²) in [4.78, 5) is 29.8.